The molecule has 0 radical (unpaired) electrons. The fraction of sp³-hybridized carbons (Fsp3) is 0. The Labute approximate surface area is 233 Å². The molecule has 0 saturated carbocycles. The Morgan fingerprint density at radius 2 is 0.925 bits per heavy atom. The standard InChI is InChI=1S/C37H25N3/c1-2-10-27(11-3-1)37-39-35(24-36(40-37)33-16-7-14-30(23-33)34-17-8-20-38-25-34)32-15-6-13-29(22-32)31-19-18-26-9-4-5-12-28(26)21-31/h1-25H. The summed E-state index contributed by atoms with van der Waals surface area (Å²) in [5.74, 6) is 0.705. The number of fused-ring (bicyclic) bond motifs is 1. The van der Waals surface area contributed by atoms with Gasteiger partial charge in [0.15, 0.2) is 5.82 Å². The highest BCUT2D eigenvalue weighted by molar-refractivity contribution is 5.88. The molecule has 188 valence electrons. The number of aromatic nitrogens is 3. The second kappa shape index (κ2) is 10.4. The minimum absolute atomic E-state index is 0.705. The smallest absolute Gasteiger partial charge is 0.160 e. The summed E-state index contributed by atoms with van der Waals surface area (Å²) in [5, 5.41) is 2.47. The Balaban J connectivity index is 1.35. The zero-order chi connectivity index (χ0) is 26.7. The lowest BCUT2D eigenvalue weighted by atomic mass is 9.98. The predicted octanol–water partition coefficient (Wildman–Crippen LogP) is 9.36. The van der Waals surface area contributed by atoms with Gasteiger partial charge in [-0.05, 0) is 57.8 Å². The summed E-state index contributed by atoms with van der Waals surface area (Å²) in [4.78, 5) is 14.4. The van der Waals surface area contributed by atoms with E-state index in [0.717, 1.165) is 44.8 Å². The Morgan fingerprint density at radius 1 is 0.350 bits per heavy atom. The van der Waals surface area contributed by atoms with Crippen molar-refractivity contribution in [2.45, 2.75) is 0 Å². The predicted molar refractivity (Wildman–Crippen MR) is 165 cm³/mol. The van der Waals surface area contributed by atoms with Gasteiger partial charge in [0, 0.05) is 34.6 Å². The minimum atomic E-state index is 0.705. The van der Waals surface area contributed by atoms with Gasteiger partial charge >= 0.3 is 0 Å². The van der Waals surface area contributed by atoms with Gasteiger partial charge in [0.1, 0.15) is 0 Å². The molecule has 0 N–H and O–H groups in total. The van der Waals surface area contributed by atoms with E-state index in [1.807, 2.05) is 30.5 Å². The molecule has 3 heteroatoms. The molecule has 0 aliphatic heterocycles. The van der Waals surface area contributed by atoms with E-state index in [1.54, 1.807) is 6.20 Å². The molecular weight excluding hydrogens is 486 g/mol. The fourth-order valence-electron chi connectivity index (χ4n) is 5.08. The van der Waals surface area contributed by atoms with Gasteiger partial charge in [-0.1, -0.05) is 109 Å². The summed E-state index contributed by atoms with van der Waals surface area (Å²) in [7, 11) is 0. The van der Waals surface area contributed by atoms with Crippen molar-refractivity contribution < 1.29 is 0 Å². The molecule has 5 aromatic carbocycles. The Kier molecular flexibility index (Phi) is 6.15. The SMILES string of the molecule is c1ccc(-c2nc(-c3cccc(-c4cccnc4)c3)cc(-c3cccc(-c4ccc5ccccc5c4)c3)n2)cc1. The summed E-state index contributed by atoms with van der Waals surface area (Å²) in [6.45, 7) is 0. The van der Waals surface area contributed by atoms with E-state index in [2.05, 4.69) is 120 Å². The first-order valence-electron chi connectivity index (χ1n) is 13.4. The quantitative estimate of drug-likeness (QED) is 0.231. The van der Waals surface area contributed by atoms with Crippen LogP contribution < -0.4 is 0 Å². The van der Waals surface area contributed by atoms with Crippen LogP contribution in [0, 0.1) is 0 Å². The number of hydrogen-bond acceptors (Lipinski definition) is 3. The third-order valence-electron chi connectivity index (χ3n) is 7.15. The number of pyridine rings is 1. The largest absolute Gasteiger partial charge is 0.264 e. The van der Waals surface area contributed by atoms with Crippen molar-refractivity contribution in [3.63, 3.8) is 0 Å². The van der Waals surface area contributed by atoms with Crippen LogP contribution in [0.4, 0.5) is 0 Å². The maximum atomic E-state index is 5.04. The van der Waals surface area contributed by atoms with Crippen LogP contribution in [0.3, 0.4) is 0 Å². The minimum Gasteiger partial charge on any atom is -0.264 e. The highest BCUT2D eigenvalue weighted by Gasteiger charge is 2.12. The van der Waals surface area contributed by atoms with E-state index in [0.29, 0.717) is 5.82 Å². The van der Waals surface area contributed by atoms with Crippen molar-refractivity contribution in [3.05, 3.63) is 152 Å². The number of hydrogen-bond donors (Lipinski definition) is 0. The number of benzene rings is 5. The summed E-state index contributed by atoms with van der Waals surface area (Å²) in [5.41, 5.74) is 9.35. The molecule has 0 spiro atoms. The summed E-state index contributed by atoms with van der Waals surface area (Å²) < 4.78 is 0. The highest BCUT2D eigenvalue weighted by atomic mass is 14.9. The van der Waals surface area contributed by atoms with Crippen molar-refractivity contribution in [3.8, 4) is 56.2 Å². The molecule has 7 rings (SSSR count). The van der Waals surface area contributed by atoms with Crippen LogP contribution in [0.5, 0.6) is 0 Å². The average molecular weight is 512 g/mol. The van der Waals surface area contributed by atoms with Gasteiger partial charge in [-0.15, -0.1) is 0 Å². The van der Waals surface area contributed by atoms with Gasteiger partial charge in [-0.25, -0.2) is 9.97 Å². The zero-order valence-electron chi connectivity index (χ0n) is 21.8. The van der Waals surface area contributed by atoms with E-state index in [9.17, 15) is 0 Å². The average Bonchev–Trinajstić information content (AvgIpc) is 3.05. The van der Waals surface area contributed by atoms with Gasteiger partial charge < -0.3 is 0 Å². The molecule has 3 nitrogen and oxygen atoms in total. The maximum Gasteiger partial charge on any atom is 0.160 e. The van der Waals surface area contributed by atoms with Crippen molar-refractivity contribution in [2.24, 2.45) is 0 Å². The van der Waals surface area contributed by atoms with Crippen LogP contribution in [0.25, 0.3) is 66.9 Å². The maximum absolute atomic E-state index is 5.04. The summed E-state index contributed by atoms with van der Waals surface area (Å²) in [6, 6.07) is 48.4. The van der Waals surface area contributed by atoms with Crippen molar-refractivity contribution in [1.29, 1.82) is 0 Å². The molecule has 0 amide bonds. The van der Waals surface area contributed by atoms with Crippen LogP contribution in [-0.4, -0.2) is 15.0 Å². The van der Waals surface area contributed by atoms with Crippen LogP contribution in [0.2, 0.25) is 0 Å². The lowest BCUT2D eigenvalue weighted by Gasteiger charge is -2.12. The molecule has 0 aliphatic rings. The normalized spacial score (nSPS) is 11.0. The van der Waals surface area contributed by atoms with E-state index >= 15 is 0 Å². The first-order chi connectivity index (χ1) is 19.8. The number of rotatable bonds is 5. The first-order valence-corrected chi connectivity index (χ1v) is 13.4. The molecule has 40 heavy (non-hydrogen) atoms. The Morgan fingerprint density at radius 3 is 1.62 bits per heavy atom. The third-order valence-corrected chi connectivity index (χ3v) is 7.15. The molecule has 0 unspecified atom stereocenters. The molecule has 7 aromatic rings. The van der Waals surface area contributed by atoms with Crippen molar-refractivity contribution in [2.75, 3.05) is 0 Å². The van der Waals surface area contributed by atoms with Gasteiger partial charge in [-0.3, -0.25) is 4.98 Å². The molecule has 0 bridgehead atoms. The van der Waals surface area contributed by atoms with Crippen LogP contribution in [0.15, 0.2) is 152 Å². The lowest BCUT2D eigenvalue weighted by molar-refractivity contribution is 1.18. The molecule has 0 aliphatic carbocycles. The van der Waals surface area contributed by atoms with E-state index in [-0.39, 0.29) is 0 Å². The molecule has 0 saturated heterocycles. The molecule has 2 heterocycles. The monoisotopic (exact) mass is 511 g/mol. The van der Waals surface area contributed by atoms with Gasteiger partial charge in [-0.2, -0.15) is 0 Å². The molecule has 2 aromatic heterocycles. The lowest BCUT2D eigenvalue weighted by Crippen LogP contribution is -1.96. The second-order valence-electron chi connectivity index (χ2n) is 9.79. The van der Waals surface area contributed by atoms with E-state index in [4.69, 9.17) is 9.97 Å². The highest BCUT2D eigenvalue weighted by Crippen LogP contribution is 2.32. The van der Waals surface area contributed by atoms with E-state index < -0.39 is 0 Å². The molecule has 0 atom stereocenters. The fourth-order valence-corrected chi connectivity index (χ4v) is 5.08. The second-order valence-corrected chi connectivity index (χ2v) is 9.79. The van der Waals surface area contributed by atoms with Gasteiger partial charge in [0.05, 0.1) is 11.4 Å². The Hall–Kier alpha value is -5.41. The molecular formula is C37H25N3. The van der Waals surface area contributed by atoms with Crippen LogP contribution in [0.1, 0.15) is 0 Å². The zero-order valence-corrected chi connectivity index (χ0v) is 21.8. The van der Waals surface area contributed by atoms with Crippen molar-refractivity contribution >= 4 is 10.8 Å². The molecule has 0 fully saturated rings. The topological polar surface area (TPSA) is 38.7 Å². The number of nitrogens with zero attached hydrogens (tertiary/aromatic N) is 3. The third kappa shape index (κ3) is 4.77. The van der Waals surface area contributed by atoms with Crippen LogP contribution >= 0.6 is 0 Å². The van der Waals surface area contributed by atoms with Gasteiger partial charge in [0.2, 0.25) is 0 Å². The summed E-state index contributed by atoms with van der Waals surface area (Å²) >= 11 is 0. The first kappa shape index (κ1) is 23.7. The van der Waals surface area contributed by atoms with E-state index in [1.165, 1.54) is 16.3 Å². The summed E-state index contributed by atoms with van der Waals surface area (Å²) in [6.07, 6.45) is 3.68. The van der Waals surface area contributed by atoms with Gasteiger partial charge in [0.25, 0.3) is 0 Å². The van der Waals surface area contributed by atoms with Crippen LogP contribution in [-0.2, 0) is 0 Å². The Bertz CT molecular complexity index is 1950. The van der Waals surface area contributed by atoms with Crippen molar-refractivity contribution in [1.82, 2.24) is 15.0 Å².